The predicted octanol–water partition coefficient (Wildman–Crippen LogP) is 1.34. The third-order valence-corrected chi connectivity index (χ3v) is 3.16. The molecule has 0 aliphatic rings. The van der Waals surface area contributed by atoms with Gasteiger partial charge in [0.15, 0.2) is 0 Å². The lowest BCUT2D eigenvalue weighted by molar-refractivity contribution is -0.122. The number of carbonyl (C=O) groups is 2. The summed E-state index contributed by atoms with van der Waals surface area (Å²) >= 11 is 0. The highest BCUT2D eigenvalue weighted by molar-refractivity contribution is 5.86. The summed E-state index contributed by atoms with van der Waals surface area (Å²) in [5.41, 5.74) is 6.45. The molecule has 6 nitrogen and oxygen atoms in total. The molecule has 6 heteroatoms. The fourth-order valence-corrected chi connectivity index (χ4v) is 1.91. The third-order valence-electron chi connectivity index (χ3n) is 3.16. The average molecular weight is 306 g/mol. The topological polar surface area (TPSA) is 82.3 Å². The molecule has 1 atom stereocenters. The first-order valence-corrected chi connectivity index (χ1v) is 7.78. The highest BCUT2D eigenvalue weighted by Gasteiger charge is 2.17. The van der Waals surface area contributed by atoms with Crippen molar-refractivity contribution in [1.82, 2.24) is 21.5 Å². The Bertz CT molecular complexity index is 451. The predicted molar refractivity (Wildman–Crippen MR) is 87.2 cm³/mol. The van der Waals surface area contributed by atoms with E-state index in [0.717, 1.165) is 12.8 Å². The summed E-state index contributed by atoms with van der Waals surface area (Å²) in [6.45, 7) is 5.10. The molecular formula is C16H26N4O2. The Labute approximate surface area is 132 Å². The quantitative estimate of drug-likeness (QED) is 0.410. The van der Waals surface area contributed by atoms with Gasteiger partial charge in [0, 0.05) is 13.1 Å². The Morgan fingerprint density at radius 1 is 1.09 bits per heavy atom. The van der Waals surface area contributed by atoms with E-state index in [1.807, 2.05) is 44.2 Å². The molecule has 0 heterocycles. The lowest BCUT2D eigenvalue weighted by atomic mass is 10.1. The van der Waals surface area contributed by atoms with Crippen LogP contribution in [0.4, 0.5) is 4.79 Å². The van der Waals surface area contributed by atoms with Crippen LogP contribution in [0.15, 0.2) is 30.3 Å². The van der Waals surface area contributed by atoms with Gasteiger partial charge in [-0.1, -0.05) is 44.2 Å². The molecule has 1 aromatic carbocycles. The molecule has 0 saturated carbocycles. The second kappa shape index (κ2) is 10.6. The maximum absolute atomic E-state index is 12.1. The molecule has 1 rings (SSSR count). The highest BCUT2D eigenvalue weighted by Crippen LogP contribution is 1.98. The Kier molecular flexibility index (Phi) is 8.67. The van der Waals surface area contributed by atoms with Gasteiger partial charge >= 0.3 is 6.03 Å². The summed E-state index contributed by atoms with van der Waals surface area (Å²) in [6, 6.07) is 9.04. The fraction of sp³-hybridized carbons (Fsp3) is 0.500. The molecule has 0 aliphatic carbocycles. The summed E-state index contributed by atoms with van der Waals surface area (Å²) in [7, 11) is 0. The van der Waals surface area contributed by atoms with E-state index in [0.29, 0.717) is 19.5 Å². The van der Waals surface area contributed by atoms with Crippen LogP contribution in [-0.2, 0) is 11.2 Å². The largest absolute Gasteiger partial charge is 0.354 e. The minimum atomic E-state index is -0.529. The van der Waals surface area contributed by atoms with Crippen LogP contribution in [0.25, 0.3) is 0 Å². The first kappa shape index (κ1) is 18.0. The summed E-state index contributed by atoms with van der Waals surface area (Å²) in [6.07, 6.45) is 2.23. The van der Waals surface area contributed by atoms with E-state index >= 15 is 0 Å². The fourth-order valence-electron chi connectivity index (χ4n) is 1.91. The van der Waals surface area contributed by atoms with Crippen molar-refractivity contribution in [3.63, 3.8) is 0 Å². The van der Waals surface area contributed by atoms with Crippen LogP contribution in [0.1, 0.15) is 32.3 Å². The summed E-state index contributed by atoms with van der Waals surface area (Å²) in [5, 5.41) is 5.50. The lowest BCUT2D eigenvalue weighted by Gasteiger charge is -2.17. The number of rotatable bonds is 9. The van der Waals surface area contributed by atoms with Gasteiger partial charge < -0.3 is 10.6 Å². The van der Waals surface area contributed by atoms with Crippen LogP contribution in [-0.4, -0.2) is 31.1 Å². The van der Waals surface area contributed by atoms with Crippen LogP contribution >= 0.6 is 0 Å². The Balaban J connectivity index is 2.29. The van der Waals surface area contributed by atoms with Crippen LogP contribution in [0.3, 0.4) is 0 Å². The van der Waals surface area contributed by atoms with Gasteiger partial charge in [-0.25, -0.2) is 10.2 Å². The molecule has 1 unspecified atom stereocenters. The molecule has 0 aromatic heterocycles. The first-order chi connectivity index (χ1) is 10.7. The van der Waals surface area contributed by atoms with Gasteiger partial charge in [-0.3, -0.25) is 10.2 Å². The van der Waals surface area contributed by atoms with Crippen molar-refractivity contribution in [3.05, 3.63) is 35.9 Å². The van der Waals surface area contributed by atoms with Crippen LogP contribution < -0.4 is 21.5 Å². The van der Waals surface area contributed by atoms with Gasteiger partial charge in [0.1, 0.15) is 6.04 Å². The SMILES string of the molecule is CCCNNC(=O)NC(CC)C(=O)NCCc1ccccc1. The minimum absolute atomic E-state index is 0.163. The summed E-state index contributed by atoms with van der Waals surface area (Å²) in [4.78, 5) is 23.7. The van der Waals surface area contributed by atoms with Crippen LogP contribution in [0, 0.1) is 0 Å². The number of hydrogen-bond acceptors (Lipinski definition) is 3. The van der Waals surface area contributed by atoms with Crippen molar-refractivity contribution in [2.75, 3.05) is 13.1 Å². The van der Waals surface area contributed by atoms with Gasteiger partial charge in [0.25, 0.3) is 0 Å². The monoisotopic (exact) mass is 306 g/mol. The number of urea groups is 1. The van der Waals surface area contributed by atoms with Gasteiger partial charge in [-0.15, -0.1) is 0 Å². The normalized spacial score (nSPS) is 11.5. The minimum Gasteiger partial charge on any atom is -0.354 e. The van der Waals surface area contributed by atoms with Crippen molar-refractivity contribution in [3.8, 4) is 0 Å². The van der Waals surface area contributed by atoms with Gasteiger partial charge in [0.05, 0.1) is 0 Å². The first-order valence-electron chi connectivity index (χ1n) is 7.78. The molecule has 122 valence electrons. The molecule has 3 amide bonds. The van der Waals surface area contributed by atoms with E-state index in [1.54, 1.807) is 0 Å². The van der Waals surface area contributed by atoms with Crippen molar-refractivity contribution in [2.45, 2.75) is 39.2 Å². The number of hydrogen-bond donors (Lipinski definition) is 4. The van der Waals surface area contributed by atoms with Crippen molar-refractivity contribution < 1.29 is 9.59 Å². The van der Waals surface area contributed by atoms with E-state index in [4.69, 9.17) is 0 Å². The van der Waals surface area contributed by atoms with E-state index < -0.39 is 12.1 Å². The number of amides is 3. The molecule has 0 bridgehead atoms. The van der Waals surface area contributed by atoms with E-state index in [9.17, 15) is 9.59 Å². The van der Waals surface area contributed by atoms with Crippen molar-refractivity contribution >= 4 is 11.9 Å². The standard InChI is InChI=1S/C16H26N4O2/c1-3-11-18-20-16(22)19-14(4-2)15(21)17-12-10-13-8-6-5-7-9-13/h5-9,14,18H,3-4,10-12H2,1-2H3,(H,17,21)(H2,19,20,22). The van der Waals surface area contributed by atoms with Crippen molar-refractivity contribution in [1.29, 1.82) is 0 Å². The highest BCUT2D eigenvalue weighted by atomic mass is 16.2. The van der Waals surface area contributed by atoms with E-state index in [1.165, 1.54) is 5.56 Å². The number of benzene rings is 1. The Morgan fingerprint density at radius 2 is 1.82 bits per heavy atom. The van der Waals surface area contributed by atoms with Gasteiger partial charge in [-0.2, -0.15) is 0 Å². The maximum Gasteiger partial charge on any atom is 0.329 e. The van der Waals surface area contributed by atoms with Crippen LogP contribution in [0.5, 0.6) is 0 Å². The van der Waals surface area contributed by atoms with Crippen LogP contribution in [0.2, 0.25) is 0 Å². The molecular weight excluding hydrogens is 280 g/mol. The Morgan fingerprint density at radius 3 is 2.45 bits per heavy atom. The molecule has 0 aliphatic heterocycles. The summed E-state index contributed by atoms with van der Waals surface area (Å²) in [5.74, 6) is -0.163. The molecule has 0 fully saturated rings. The van der Waals surface area contributed by atoms with Crippen molar-refractivity contribution in [2.24, 2.45) is 0 Å². The summed E-state index contributed by atoms with van der Waals surface area (Å²) < 4.78 is 0. The smallest absolute Gasteiger partial charge is 0.329 e. The lowest BCUT2D eigenvalue weighted by Crippen LogP contribution is -2.52. The van der Waals surface area contributed by atoms with Gasteiger partial charge in [-0.05, 0) is 24.8 Å². The molecule has 4 N–H and O–H groups in total. The zero-order chi connectivity index (χ0) is 16.2. The zero-order valence-corrected chi connectivity index (χ0v) is 13.3. The molecule has 1 aromatic rings. The van der Waals surface area contributed by atoms with E-state index in [-0.39, 0.29) is 5.91 Å². The van der Waals surface area contributed by atoms with Gasteiger partial charge in [0.2, 0.25) is 5.91 Å². The third kappa shape index (κ3) is 7.08. The van der Waals surface area contributed by atoms with E-state index in [2.05, 4.69) is 21.5 Å². The second-order valence-electron chi connectivity index (χ2n) is 5.01. The molecule has 0 radical (unpaired) electrons. The molecule has 22 heavy (non-hydrogen) atoms. The Hall–Kier alpha value is -2.08. The number of carbonyl (C=O) groups excluding carboxylic acids is 2. The number of hydrazine groups is 1. The number of nitrogens with one attached hydrogen (secondary N) is 4. The molecule has 0 spiro atoms. The zero-order valence-electron chi connectivity index (χ0n) is 13.3. The average Bonchev–Trinajstić information content (AvgIpc) is 2.53. The second-order valence-corrected chi connectivity index (χ2v) is 5.01. The molecule has 0 saturated heterocycles. The maximum atomic E-state index is 12.1.